The fraction of sp³-hybridized carbons (Fsp3) is 0.500. The SMILES string of the molecule is CC1Cc2ccccc2N(C(=O)CCCN)C1. The van der Waals surface area contributed by atoms with E-state index in [9.17, 15) is 4.79 Å². The molecule has 0 saturated heterocycles. The second-order valence-corrected chi connectivity index (χ2v) is 4.83. The lowest BCUT2D eigenvalue weighted by Gasteiger charge is -2.33. The quantitative estimate of drug-likeness (QED) is 0.865. The van der Waals surface area contributed by atoms with Gasteiger partial charge >= 0.3 is 0 Å². The minimum Gasteiger partial charge on any atom is -0.330 e. The molecule has 0 fully saturated rings. The van der Waals surface area contributed by atoms with Crippen LogP contribution in [0.4, 0.5) is 5.69 Å². The molecule has 2 N–H and O–H groups in total. The van der Waals surface area contributed by atoms with Gasteiger partial charge < -0.3 is 10.6 Å². The third-order valence-corrected chi connectivity index (χ3v) is 3.24. The molecule has 1 unspecified atom stereocenters. The predicted octanol–water partition coefficient (Wildman–Crippen LogP) is 1.95. The fourth-order valence-corrected chi connectivity index (χ4v) is 2.42. The first kappa shape index (κ1) is 12.1. The molecule has 1 aliphatic rings. The van der Waals surface area contributed by atoms with Gasteiger partial charge in [0.25, 0.3) is 0 Å². The lowest BCUT2D eigenvalue weighted by molar-refractivity contribution is -0.118. The Balaban J connectivity index is 2.20. The molecule has 1 heterocycles. The van der Waals surface area contributed by atoms with Gasteiger partial charge in [-0.1, -0.05) is 25.1 Å². The number of hydrogen-bond acceptors (Lipinski definition) is 2. The second-order valence-electron chi connectivity index (χ2n) is 4.83. The van der Waals surface area contributed by atoms with Crippen LogP contribution in [0.15, 0.2) is 24.3 Å². The van der Waals surface area contributed by atoms with Gasteiger partial charge in [0.2, 0.25) is 5.91 Å². The predicted molar refractivity (Wildman–Crippen MR) is 70.0 cm³/mol. The summed E-state index contributed by atoms with van der Waals surface area (Å²) in [5, 5.41) is 0. The van der Waals surface area contributed by atoms with Crippen molar-refractivity contribution < 1.29 is 4.79 Å². The number of amides is 1. The van der Waals surface area contributed by atoms with E-state index in [0.717, 1.165) is 25.1 Å². The monoisotopic (exact) mass is 232 g/mol. The maximum absolute atomic E-state index is 12.1. The van der Waals surface area contributed by atoms with Crippen LogP contribution >= 0.6 is 0 Å². The van der Waals surface area contributed by atoms with Crippen molar-refractivity contribution >= 4 is 11.6 Å². The van der Waals surface area contributed by atoms with E-state index < -0.39 is 0 Å². The topological polar surface area (TPSA) is 46.3 Å². The van der Waals surface area contributed by atoms with Crippen molar-refractivity contribution in [2.75, 3.05) is 18.0 Å². The van der Waals surface area contributed by atoms with E-state index in [2.05, 4.69) is 13.0 Å². The highest BCUT2D eigenvalue weighted by molar-refractivity contribution is 5.94. The molecule has 92 valence electrons. The number of nitrogens with two attached hydrogens (primary N) is 1. The van der Waals surface area contributed by atoms with Crippen molar-refractivity contribution in [3.05, 3.63) is 29.8 Å². The molecule has 3 nitrogen and oxygen atoms in total. The molecule has 17 heavy (non-hydrogen) atoms. The van der Waals surface area contributed by atoms with E-state index in [-0.39, 0.29) is 5.91 Å². The second kappa shape index (κ2) is 5.32. The Morgan fingerprint density at radius 3 is 3.00 bits per heavy atom. The number of para-hydroxylation sites is 1. The molecule has 0 radical (unpaired) electrons. The molecule has 1 amide bonds. The van der Waals surface area contributed by atoms with Crippen molar-refractivity contribution in [3.63, 3.8) is 0 Å². The maximum Gasteiger partial charge on any atom is 0.227 e. The maximum atomic E-state index is 12.1. The van der Waals surface area contributed by atoms with Gasteiger partial charge in [0.1, 0.15) is 0 Å². The van der Waals surface area contributed by atoms with Crippen LogP contribution in [-0.4, -0.2) is 19.0 Å². The summed E-state index contributed by atoms with van der Waals surface area (Å²) < 4.78 is 0. The van der Waals surface area contributed by atoms with Gasteiger partial charge in [-0.2, -0.15) is 0 Å². The Bertz CT molecular complexity index is 403. The number of anilines is 1. The van der Waals surface area contributed by atoms with Crippen molar-refractivity contribution in [1.82, 2.24) is 0 Å². The van der Waals surface area contributed by atoms with Gasteiger partial charge in [0, 0.05) is 18.7 Å². The highest BCUT2D eigenvalue weighted by atomic mass is 16.2. The largest absolute Gasteiger partial charge is 0.330 e. The summed E-state index contributed by atoms with van der Waals surface area (Å²) in [6.45, 7) is 3.61. The van der Waals surface area contributed by atoms with Crippen LogP contribution in [-0.2, 0) is 11.2 Å². The Kier molecular flexibility index (Phi) is 3.79. The van der Waals surface area contributed by atoms with Crippen molar-refractivity contribution in [1.29, 1.82) is 0 Å². The Morgan fingerprint density at radius 1 is 1.47 bits per heavy atom. The number of nitrogens with zero attached hydrogens (tertiary/aromatic N) is 1. The zero-order valence-electron chi connectivity index (χ0n) is 10.4. The van der Waals surface area contributed by atoms with Crippen molar-refractivity contribution in [2.24, 2.45) is 11.7 Å². The van der Waals surface area contributed by atoms with Crippen LogP contribution in [0.5, 0.6) is 0 Å². The molecule has 0 aliphatic carbocycles. The summed E-state index contributed by atoms with van der Waals surface area (Å²) in [5.74, 6) is 0.737. The number of fused-ring (bicyclic) bond motifs is 1. The first-order valence-electron chi connectivity index (χ1n) is 6.30. The van der Waals surface area contributed by atoms with Crippen LogP contribution in [0.3, 0.4) is 0 Å². The average Bonchev–Trinajstić information content (AvgIpc) is 2.34. The third kappa shape index (κ3) is 2.67. The first-order chi connectivity index (χ1) is 8.22. The number of carbonyl (C=O) groups excluding carboxylic acids is 1. The molecule has 1 aromatic carbocycles. The number of hydrogen-bond donors (Lipinski definition) is 1. The van der Waals surface area contributed by atoms with E-state index in [4.69, 9.17) is 5.73 Å². The highest BCUT2D eigenvalue weighted by Crippen LogP contribution is 2.29. The summed E-state index contributed by atoms with van der Waals surface area (Å²) >= 11 is 0. The minimum absolute atomic E-state index is 0.203. The van der Waals surface area contributed by atoms with Gasteiger partial charge in [-0.05, 0) is 36.9 Å². The Hall–Kier alpha value is -1.35. The molecule has 1 aromatic rings. The molecule has 0 saturated carbocycles. The van der Waals surface area contributed by atoms with Crippen LogP contribution in [0.25, 0.3) is 0 Å². The molecule has 0 aromatic heterocycles. The number of carbonyl (C=O) groups is 1. The normalized spacial score (nSPS) is 18.9. The molecule has 0 spiro atoms. The molecule has 0 bridgehead atoms. The summed E-state index contributed by atoms with van der Waals surface area (Å²) in [5.41, 5.74) is 7.83. The molecular weight excluding hydrogens is 212 g/mol. The highest BCUT2D eigenvalue weighted by Gasteiger charge is 2.25. The zero-order chi connectivity index (χ0) is 12.3. The van der Waals surface area contributed by atoms with Crippen LogP contribution in [0.1, 0.15) is 25.3 Å². The number of benzene rings is 1. The van der Waals surface area contributed by atoms with E-state index in [1.807, 2.05) is 23.1 Å². The zero-order valence-corrected chi connectivity index (χ0v) is 10.4. The van der Waals surface area contributed by atoms with Gasteiger partial charge in [-0.3, -0.25) is 4.79 Å². The van der Waals surface area contributed by atoms with Gasteiger partial charge in [0.05, 0.1) is 0 Å². The van der Waals surface area contributed by atoms with Gasteiger partial charge in [0.15, 0.2) is 0 Å². The van der Waals surface area contributed by atoms with E-state index >= 15 is 0 Å². The smallest absolute Gasteiger partial charge is 0.227 e. The van der Waals surface area contributed by atoms with Crippen molar-refractivity contribution in [3.8, 4) is 0 Å². The standard InChI is InChI=1S/C14H20N2O/c1-11-9-12-5-2-3-6-13(12)16(10-11)14(17)7-4-8-15/h2-3,5-6,11H,4,7-10,15H2,1H3. The summed E-state index contributed by atoms with van der Waals surface area (Å²) in [6.07, 6.45) is 2.39. The third-order valence-electron chi connectivity index (χ3n) is 3.24. The van der Waals surface area contributed by atoms with Crippen LogP contribution in [0, 0.1) is 5.92 Å². The van der Waals surface area contributed by atoms with E-state index in [1.165, 1.54) is 5.56 Å². The van der Waals surface area contributed by atoms with Crippen molar-refractivity contribution in [2.45, 2.75) is 26.2 Å². The van der Waals surface area contributed by atoms with Crippen LogP contribution in [0.2, 0.25) is 0 Å². The average molecular weight is 232 g/mol. The Morgan fingerprint density at radius 2 is 2.24 bits per heavy atom. The molecule has 1 aliphatic heterocycles. The fourth-order valence-electron chi connectivity index (χ4n) is 2.42. The lowest BCUT2D eigenvalue weighted by Crippen LogP contribution is -2.39. The summed E-state index contributed by atoms with van der Waals surface area (Å²) in [4.78, 5) is 14.1. The van der Waals surface area contributed by atoms with Crippen LogP contribution < -0.4 is 10.6 Å². The summed E-state index contributed by atoms with van der Waals surface area (Å²) in [7, 11) is 0. The number of rotatable bonds is 3. The Labute approximate surface area is 103 Å². The molecule has 2 rings (SSSR count). The molecule has 3 heteroatoms. The van der Waals surface area contributed by atoms with E-state index in [1.54, 1.807) is 0 Å². The summed E-state index contributed by atoms with van der Waals surface area (Å²) in [6, 6.07) is 8.20. The van der Waals surface area contributed by atoms with Gasteiger partial charge in [-0.15, -0.1) is 0 Å². The van der Waals surface area contributed by atoms with E-state index in [0.29, 0.717) is 18.9 Å². The molecule has 1 atom stereocenters. The molecular formula is C14H20N2O. The first-order valence-corrected chi connectivity index (χ1v) is 6.30. The minimum atomic E-state index is 0.203. The lowest BCUT2D eigenvalue weighted by atomic mass is 9.93. The van der Waals surface area contributed by atoms with Gasteiger partial charge in [-0.25, -0.2) is 0 Å².